The lowest BCUT2D eigenvalue weighted by atomic mass is 10.2. The summed E-state index contributed by atoms with van der Waals surface area (Å²) >= 11 is 1.63. The molecule has 17 heavy (non-hydrogen) atoms. The van der Waals surface area contributed by atoms with Gasteiger partial charge in [0.2, 0.25) is 0 Å². The third-order valence-electron chi connectivity index (χ3n) is 2.58. The van der Waals surface area contributed by atoms with Crippen LogP contribution in [0.1, 0.15) is 21.6 Å². The zero-order valence-corrected chi connectivity index (χ0v) is 10.5. The Morgan fingerprint density at radius 3 is 2.88 bits per heavy atom. The number of carbonyl (C=O) groups is 1. The number of anilines is 1. The van der Waals surface area contributed by atoms with Gasteiger partial charge in [0.1, 0.15) is 5.69 Å². The van der Waals surface area contributed by atoms with E-state index in [1.54, 1.807) is 18.4 Å². The molecular weight excluding hydrogens is 236 g/mol. The van der Waals surface area contributed by atoms with Gasteiger partial charge in [-0.2, -0.15) is 16.4 Å². The number of rotatable bonds is 3. The topological polar surface area (TPSA) is 72.9 Å². The van der Waals surface area contributed by atoms with Gasteiger partial charge in [0, 0.05) is 13.6 Å². The smallest absolute Gasteiger partial charge is 0.271 e. The second kappa shape index (κ2) is 4.58. The molecule has 2 rings (SSSR count). The maximum absolute atomic E-state index is 11.9. The summed E-state index contributed by atoms with van der Waals surface area (Å²) in [6.45, 7) is 2.54. The molecule has 90 valence electrons. The third-order valence-corrected chi connectivity index (χ3v) is 3.49. The van der Waals surface area contributed by atoms with Crippen molar-refractivity contribution in [2.24, 2.45) is 7.05 Å². The molecule has 0 aliphatic rings. The van der Waals surface area contributed by atoms with Gasteiger partial charge in [0.25, 0.3) is 5.91 Å². The van der Waals surface area contributed by atoms with Crippen LogP contribution in [0.25, 0.3) is 0 Å². The minimum atomic E-state index is -0.201. The van der Waals surface area contributed by atoms with Gasteiger partial charge in [-0.05, 0) is 28.8 Å². The summed E-state index contributed by atoms with van der Waals surface area (Å²) in [5, 5.41) is 10.9. The number of aryl methyl sites for hydroxylation is 2. The Labute approximate surface area is 103 Å². The van der Waals surface area contributed by atoms with E-state index in [0.29, 0.717) is 17.9 Å². The molecule has 2 aromatic rings. The number of hydrogen-bond acceptors (Lipinski definition) is 4. The summed E-state index contributed by atoms with van der Waals surface area (Å²) < 4.78 is 1.48. The summed E-state index contributed by atoms with van der Waals surface area (Å²) in [6.07, 6.45) is 1.48. The van der Waals surface area contributed by atoms with Crippen molar-refractivity contribution in [3.8, 4) is 0 Å². The van der Waals surface area contributed by atoms with Gasteiger partial charge in [0.05, 0.1) is 11.9 Å². The van der Waals surface area contributed by atoms with Gasteiger partial charge in [-0.3, -0.25) is 9.48 Å². The van der Waals surface area contributed by atoms with Gasteiger partial charge in [-0.25, -0.2) is 0 Å². The molecule has 0 saturated heterocycles. The monoisotopic (exact) mass is 250 g/mol. The van der Waals surface area contributed by atoms with Crippen molar-refractivity contribution in [2.75, 3.05) is 5.73 Å². The molecule has 0 bridgehead atoms. The molecular formula is C11H14N4OS. The highest BCUT2D eigenvalue weighted by molar-refractivity contribution is 7.08. The summed E-state index contributed by atoms with van der Waals surface area (Å²) in [4.78, 5) is 11.9. The number of nitrogens with two attached hydrogens (primary N) is 1. The van der Waals surface area contributed by atoms with Crippen LogP contribution >= 0.6 is 11.3 Å². The van der Waals surface area contributed by atoms with E-state index in [9.17, 15) is 4.79 Å². The molecule has 0 aromatic carbocycles. The number of nitrogens with one attached hydrogen (secondary N) is 1. The van der Waals surface area contributed by atoms with Crippen molar-refractivity contribution < 1.29 is 4.79 Å². The summed E-state index contributed by atoms with van der Waals surface area (Å²) in [6, 6.07) is 0. The van der Waals surface area contributed by atoms with E-state index in [0.717, 1.165) is 5.56 Å². The molecule has 0 aliphatic heterocycles. The van der Waals surface area contributed by atoms with Crippen molar-refractivity contribution in [3.05, 3.63) is 33.8 Å². The normalized spacial score (nSPS) is 10.5. The zero-order chi connectivity index (χ0) is 12.4. The lowest BCUT2D eigenvalue weighted by Crippen LogP contribution is -2.26. The number of thiophene rings is 1. The van der Waals surface area contributed by atoms with E-state index in [1.165, 1.54) is 16.4 Å². The molecule has 3 N–H and O–H groups in total. The lowest BCUT2D eigenvalue weighted by Gasteiger charge is -2.06. The summed E-state index contributed by atoms with van der Waals surface area (Å²) in [5.74, 6) is -0.201. The average Bonchev–Trinajstić information content (AvgIpc) is 2.83. The van der Waals surface area contributed by atoms with Gasteiger partial charge in [0.15, 0.2) is 0 Å². The third kappa shape index (κ3) is 2.31. The number of amides is 1. The summed E-state index contributed by atoms with van der Waals surface area (Å²) in [5.41, 5.74) is 8.79. The van der Waals surface area contributed by atoms with Gasteiger partial charge < -0.3 is 11.1 Å². The minimum Gasteiger partial charge on any atom is -0.396 e. The van der Waals surface area contributed by atoms with E-state index < -0.39 is 0 Å². The Hall–Kier alpha value is -1.82. The quantitative estimate of drug-likeness (QED) is 0.862. The van der Waals surface area contributed by atoms with Crippen molar-refractivity contribution in [1.29, 1.82) is 0 Å². The number of aromatic nitrogens is 2. The molecule has 0 fully saturated rings. The first-order chi connectivity index (χ1) is 8.09. The minimum absolute atomic E-state index is 0.201. The lowest BCUT2D eigenvalue weighted by molar-refractivity contribution is 0.0942. The SMILES string of the molecule is Cc1cscc1CNC(=O)c1c(N)cnn1C. The average molecular weight is 250 g/mol. The van der Waals surface area contributed by atoms with Crippen molar-refractivity contribution >= 4 is 22.9 Å². The maximum Gasteiger partial charge on any atom is 0.271 e. The summed E-state index contributed by atoms with van der Waals surface area (Å²) in [7, 11) is 1.70. The molecule has 0 aliphatic carbocycles. The highest BCUT2D eigenvalue weighted by atomic mass is 32.1. The Morgan fingerprint density at radius 2 is 2.35 bits per heavy atom. The van der Waals surface area contributed by atoms with Crippen LogP contribution < -0.4 is 11.1 Å². The van der Waals surface area contributed by atoms with Crippen LogP contribution in [-0.2, 0) is 13.6 Å². The van der Waals surface area contributed by atoms with E-state index in [-0.39, 0.29) is 5.91 Å². The van der Waals surface area contributed by atoms with Crippen LogP contribution in [0, 0.1) is 6.92 Å². The second-order valence-corrected chi connectivity index (χ2v) is 4.58. The number of carbonyl (C=O) groups excluding carboxylic acids is 1. The van der Waals surface area contributed by atoms with E-state index >= 15 is 0 Å². The number of hydrogen-bond donors (Lipinski definition) is 2. The molecule has 1 amide bonds. The second-order valence-electron chi connectivity index (χ2n) is 3.83. The molecule has 0 atom stereocenters. The predicted octanol–water partition coefficient (Wildman–Crippen LogP) is 1.30. The van der Waals surface area contributed by atoms with Crippen molar-refractivity contribution in [3.63, 3.8) is 0 Å². The molecule has 0 unspecified atom stereocenters. The van der Waals surface area contributed by atoms with E-state index in [1.807, 2.05) is 12.3 Å². The fourth-order valence-electron chi connectivity index (χ4n) is 1.56. The van der Waals surface area contributed by atoms with E-state index in [4.69, 9.17) is 5.73 Å². The first-order valence-corrected chi connectivity index (χ1v) is 6.11. The molecule has 0 radical (unpaired) electrons. The van der Waals surface area contributed by atoms with Gasteiger partial charge in [-0.1, -0.05) is 0 Å². The Kier molecular flexibility index (Phi) is 3.14. The molecule has 6 heteroatoms. The highest BCUT2D eigenvalue weighted by Gasteiger charge is 2.14. The molecule has 5 nitrogen and oxygen atoms in total. The van der Waals surface area contributed by atoms with E-state index in [2.05, 4.69) is 15.8 Å². The first-order valence-electron chi connectivity index (χ1n) is 5.17. The molecule has 2 heterocycles. The Morgan fingerprint density at radius 1 is 1.59 bits per heavy atom. The van der Waals surface area contributed by atoms with Crippen LogP contribution in [0.5, 0.6) is 0 Å². The largest absolute Gasteiger partial charge is 0.396 e. The van der Waals surface area contributed by atoms with Crippen LogP contribution in [0.4, 0.5) is 5.69 Å². The molecule has 0 saturated carbocycles. The molecule has 2 aromatic heterocycles. The Bertz CT molecular complexity index is 524. The molecule has 0 spiro atoms. The fourth-order valence-corrected chi connectivity index (χ4v) is 2.42. The van der Waals surface area contributed by atoms with Crippen LogP contribution in [-0.4, -0.2) is 15.7 Å². The van der Waals surface area contributed by atoms with Crippen molar-refractivity contribution in [1.82, 2.24) is 15.1 Å². The van der Waals surface area contributed by atoms with Crippen LogP contribution in [0.3, 0.4) is 0 Å². The Balaban J connectivity index is 2.06. The fraction of sp³-hybridized carbons (Fsp3) is 0.273. The van der Waals surface area contributed by atoms with Crippen LogP contribution in [0.2, 0.25) is 0 Å². The van der Waals surface area contributed by atoms with Gasteiger partial charge >= 0.3 is 0 Å². The van der Waals surface area contributed by atoms with Crippen molar-refractivity contribution in [2.45, 2.75) is 13.5 Å². The predicted molar refractivity (Wildman–Crippen MR) is 67.8 cm³/mol. The first kappa shape index (κ1) is 11.7. The number of nitrogens with zero attached hydrogens (tertiary/aromatic N) is 2. The van der Waals surface area contributed by atoms with Gasteiger partial charge in [-0.15, -0.1) is 0 Å². The number of nitrogen functional groups attached to an aromatic ring is 1. The van der Waals surface area contributed by atoms with Crippen LogP contribution in [0.15, 0.2) is 17.0 Å². The zero-order valence-electron chi connectivity index (χ0n) is 9.73. The maximum atomic E-state index is 11.9. The highest BCUT2D eigenvalue weighted by Crippen LogP contribution is 2.14. The standard InChI is InChI=1S/C11H14N4OS/c1-7-5-17-6-8(7)3-13-11(16)10-9(12)4-14-15(10)2/h4-6H,3,12H2,1-2H3,(H,13,16).